The minimum atomic E-state index is -4.67. The maximum Gasteiger partial charge on any atom is 0.416 e. The van der Waals surface area contributed by atoms with Crippen molar-refractivity contribution in [1.82, 2.24) is 19.2 Å². The third-order valence-corrected chi connectivity index (χ3v) is 7.54. The van der Waals surface area contributed by atoms with Gasteiger partial charge in [-0.05, 0) is 42.8 Å². The summed E-state index contributed by atoms with van der Waals surface area (Å²) >= 11 is 0. The Bertz CT molecular complexity index is 1730. The number of amides is 1. The van der Waals surface area contributed by atoms with E-state index in [-0.39, 0.29) is 39.9 Å². The number of fused-ring (bicyclic) bond motifs is 1. The lowest BCUT2D eigenvalue weighted by molar-refractivity contribution is -0.870. The minimum absolute atomic E-state index is 0. The molecular formula is C31H35BrF3N7O4. The summed E-state index contributed by atoms with van der Waals surface area (Å²) in [7, 11) is 8.89. The number of nitriles is 1. The maximum absolute atomic E-state index is 14.0. The highest BCUT2D eigenvalue weighted by molar-refractivity contribution is 5.93. The lowest BCUT2D eigenvalue weighted by Crippen LogP contribution is -3.00. The van der Waals surface area contributed by atoms with Gasteiger partial charge in [-0.25, -0.2) is 18.8 Å². The number of rotatable bonds is 9. The fraction of sp³-hybridized carbons (Fsp3) is 0.387. The summed E-state index contributed by atoms with van der Waals surface area (Å²) in [5.41, 5.74) is -0.823. The molecule has 0 saturated heterocycles. The molecule has 1 amide bonds. The van der Waals surface area contributed by atoms with E-state index in [1.165, 1.54) is 41.0 Å². The van der Waals surface area contributed by atoms with E-state index < -0.39 is 41.9 Å². The number of aromatic nitrogens is 3. The van der Waals surface area contributed by atoms with Crippen molar-refractivity contribution in [2.24, 2.45) is 0 Å². The van der Waals surface area contributed by atoms with Gasteiger partial charge in [0.15, 0.2) is 0 Å². The van der Waals surface area contributed by atoms with E-state index >= 15 is 0 Å². The number of allylic oxidation sites excluding steroid dienone is 1. The Balaban J connectivity index is 0.00000576. The zero-order valence-corrected chi connectivity index (χ0v) is 27.9. The fourth-order valence-electron chi connectivity index (χ4n) is 5.20. The standard InChI is InChI=1S/C31H35F3N7O4.BrH/c1-20-26(28(43)45-6)27(22-13-11-21(18-35)12-14-22)40-29(39(20)24-10-7-9-23(17-24)31(32,33)34)36-38(30(40)44)19-25(42)37(2)15-8-16-41(3,4)5;/h7,9-14,17,27H,8,15-16,19H2,1-6H3;1H/q+1;/p-1. The third kappa shape index (κ3) is 7.51. The van der Waals surface area contributed by atoms with Crippen LogP contribution in [-0.4, -0.2) is 84.0 Å². The number of ether oxygens (including phenoxy) is 1. The van der Waals surface area contributed by atoms with E-state index in [0.29, 0.717) is 22.2 Å². The number of benzene rings is 2. The summed E-state index contributed by atoms with van der Waals surface area (Å²) in [6.07, 6.45) is -3.95. The second-order valence-corrected chi connectivity index (χ2v) is 11.8. The normalized spacial score (nSPS) is 14.7. The first-order valence-electron chi connectivity index (χ1n) is 14.1. The van der Waals surface area contributed by atoms with Crippen molar-refractivity contribution in [3.05, 3.63) is 87.0 Å². The number of anilines is 2. The Kier molecular flexibility index (Phi) is 10.9. The number of halogens is 4. The Hall–Kier alpha value is -4.42. The summed E-state index contributed by atoms with van der Waals surface area (Å²) in [5.74, 6) is -1.32. The van der Waals surface area contributed by atoms with Gasteiger partial charge in [0.05, 0.1) is 57.6 Å². The number of esters is 1. The Labute approximate surface area is 275 Å². The lowest BCUT2D eigenvalue weighted by Gasteiger charge is -2.35. The Morgan fingerprint density at radius 1 is 1.13 bits per heavy atom. The van der Waals surface area contributed by atoms with E-state index in [1.54, 1.807) is 19.2 Å². The molecule has 2 heterocycles. The highest BCUT2D eigenvalue weighted by Crippen LogP contribution is 2.43. The highest BCUT2D eigenvalue weighted by Gasteiger charge is 2.41. The molecule has 0 bridgehead atoms. The molecule has 246 valence electrons. The molecule has 1 aliphatic rings. The molecule has 15 heteroatoms. The average Bonchev–Trinajstić information content (AvgIpc) is 3.29. The van der Waals surface area contributed by atoms with Gasteiger partial charge in [0.25, 0.3) is 0 Å². The minimum Gasteiger partial charge on any atom is -1.00 e. The van der Waals surface area contributed by atoms with Crippen LogP contribution in [0.15, 0.2) is 64.6 Å². The van der Waals surface area contributed by atoms with Gasteiger partial charge in [-0.1, -0.05) is 18.2 Å². The number of alkyl halides is 3. The molecule has 0 spiro atoms. The summed E-state index contributed by atoms with van der Waals surface area (Å²) in [4.78, 5) is 43.3. The maximum atomic E-state index is 14.0. The number of carbonyl (C=O) groups is 2. The first kappa shape index (κ1) is 36.1. The molecule has 11 nitrogen and oxygen atoms in total. The zero-order valence-electron chi connectivity index (χ0n) is 26.3. The first-order valence-corrected chi connectivity index (χ1v) is 14.1. The third-order valence-electron chi connectivity index (χ3n) is 7.54. The summed E-state index contributed by atoms with van der Waals surface area (Å²) < 4.78 is 49.1. The van der Waals surface area contributed by atoms with Gasteiger partial charge >= 0.3 is 17.8 Å². The van der Waals surface area contributed by atoms with Crippen molar-refractivity contribution in [3.8, 4) is 6.07 Å². The number of hydrogen-bond donors (Lipinski definition) is 0. The molecule has 0 aliphatic carbocycles. The van der Waals surface area contributed by atoms with Crippen LogP contribution in [0.5, 0.6) is 0 Å². The second-order valence-electron chi connectivity index (χ2n) is 11.8. The van der Waals surface area contributed by atoms with Crippen LogP contribution in [0.25, 0.3) is 0 Å². The monoisotopic (exact) mass is 705 g/mol. The molecule has 46 heavy (non-hydrogen) atoms. The van der Waals surface area contributed by atoms with Crippen LogP contribution in [0.4, 0.5) is 24.8 Å². The van der Waals surface area contributed by atoms with Crippen molar-refractivity contribution in [2.45, 2.75) is 32.1 Å². The topological polar surface area (TPSA) is 113 Å². The lowest BCUT2D eigenvalue weighted by atomic mass is 9.93. The van der Waals surface area contributed by atoms with Gasteiger partial charge in [-0.15, -0.1) is 5.10 Å². The van der Waals surface area contributed by atoms with Crippen LogP contribution >= 0.6 is 0 Å². The second kappa shape index (κ2) is 13.9. The zero-order chi connectivity index (χ0) is 33.3. The van der Waals surface area contributed by atoms with Crippen LogP contribution < -0.4 is 27.6 Å². The van der Waals surface area contributed by atoms with Crippen LogP contribution in [0.2, 0.25) is 0 Å². The van der Waals surface area contributed by atoms with Crippen LogP contribution in [0.1, 0.15) is 36.1 Å². The summed E-state index contributed by atoms with van der Waals surface area (Å²) in [6, 6.07) is 11.5. The van der Waals surface area contributed by atoms with Crippen molar-refractivity contribution in [3.63, 3.8) is 0 Å². The van der Waals surface area contributed by atoms with Gasteiger partial charge in [-0.2, -0.15) is 18.4 Å². The van der Waals surface area contributed by atoms with Gasteiger partial charge < -0.3 is 31.1 Å². The SMILES string of the molecule is COC(=O)C1=C(C)N(c2cccc(C(F)(F)F)c2)c2nn(CC(=O)N(C)CCC[N+](C)(C)C)c(=O)n2C1c1ccc(C#N)cc1.[Br-]. The number of likely N-dealkylation sites (N-methyl/N-ethyl adjacent to an activating group) is 1. The Morgan fingerprint density at radius 3 is 2.35 bits per heavy atom. The predicted octanol–water partition coefficient (Wildman–Crippen LogP) is 0.682. The number of methoxy groups -OCH3 is 1. The molecule has 2 aromatic carbocycles. The van der Waals surface area contributed by atoms with Gasteiger partial charge in [0.2, 0.25) is 11.9 Å². The van der Waals surface area contributed by atoms with Crippen molar-refractivity contribution in [1.29, 1.82) is 5.26 Å². The molecular weight excluding hydrogens is 671 g/mol. The van der Waals surface area contributed by atoms with Gasteiger partial charge in [0, 0.05) is 31.4 Å². The van der Waals surface area contributed by atoms with Gasteiger partial charge in [-0.3, -0.25) is 9.69 Å². The molecule has 1 unspecified atom stereocenters. The fourth-order valence-corrected chi connectivity index (χ4v) is 5.20. The smallest absolute Gasteiger partial charge is 0.416 e. The van der Waals surface area contributed by atoms with Crippen LogP contribution in [0.3, 0.4) is 0 Å². The van der Waals surface area contributed by atoms with Crippen LogP contribution in [-0.2, 0) is 27.0 Å². The quantitative estimate of drug-likeness (QED) is 0.238. The van der Waals surface area contributed by atoms with E-state index in [1.807, 2.05) is 27.2 Å². The molecule has 0 saturated carbocycles. The van der Waals surface area contributed by atoms with E-state index in [4.69, 9.17) is 4.74 Å². The van der Waals surface area contributed by atoms with Crippen molar-refractivity contribution >= 4 is 23.5 Å². The number of nitrogens with zero attached hydrogens (tertiary/aromatic N) is 7. The average molecular weight is 707 g/mol. The molecule has 0 radical (unpaired) electrons. The number of carbonyl (C=O) groups excluding carboxylic acids is 2. The van der Waals surface area contributed by atoms with Gasteiger partial charge in [0.1, 0.15) is 12.6 Å². The summed E-state index contributed by atoms with van der Waals surface area (Å²) in [5, 5.41) is 13.7. The molecule has 1 aromatic heterocycles. The number of hydrogen-bond acceptors (Lipinski definition) is 7. The van der Waals surface area contributed by atoms with Crippen molar-refractivity contribution < 1.29 is 49.0 Å². The molecule has 0 fully saturated rings. The van der Waals surface area contributed by atoms with Crippen molar-refractivity contribution in [2.75, 3.05) is 53.3 Å². The number of quaternary nitrogens is 1. The predicted molar refractivity (Wildman–Crippen MR) is 159 cm³/mol. The molecule has 0 N–H and O–H groups in total. The Morgan fingerprint density at radius 2 is 1.78 bits per heavy atom. The van der Waals surface area contributed by atoms with E-state index in [9.17, 15) is 32.8 Å². The van der Waals surface area contributed by atoms with E-state index in [2.05, 4.69) is 5.10 Å². The van der Waals surface area contributed by atoms with Crippen LogP contribution in [0, 0.1) is 11.3 Å². The molecule has 1 atom stereocenters. The van der Waals surface area contributed by atoms with E-state index in [0.717, 1.165) is 41.5 Å². The highest BCUT2D eigenvalue weighted by atomic mass is 79.9. The molecule has 1 aliphatic heterocycles. The molecule has 4 rings (SSSR count). The first-order chi connectivity index (χ1) is 21.1. The largest absolute Gasteiger partial charge is 1.00 e. The summed E-state index contributed by atoms with van der Waals surface area (Å²) in [6.45, 7) is 2.33. The molecule has 3 aromatic rings.